The van der Waals surface area contributed by atoms with E-state index in [9.17, 15) is 13.6 Å². The summed E-state index contributed by atoms with van der Waals surface area (Å²) in [6.45, 7) is 4.29. The first-order valence-corrected chi connectivity index (χ1v) is 9.04. The van der Waals surface area contributed by atoms with Crippen molar-refractivity contribution >= 4 is 23.2 Å². The van der Waals surface area contributed by atoms with E-state index in [0.717, 1.165) is 26.2 Å². The molecule has 1 aliphatic heterocycles. The predicted molar refractivity (Wildman–Crippen MR) is 96.4 cm³/mol. The van der Waals surface area contributed by atoms with E-state index in [-0.39, 0.29) is 17.5 Å². The Morgan fingerprint density at radius 1 is 1.00 bits per heavy atom. The number of rotatable bonds is 5. The minimum atomic E-state index is -0.331. The van der Waals surface area contributed by atoms with E-state index < -0.39 is 0 Å². The van der Waals surface area contributed by atoms with Crippen LogP contribution in [0.15, 0.2) is 42.5 Å². The molecule has 2 aromatic carbocycles. The molecule has 0 saturated carbocycles. The number of hydrogen-bond donors (Lipinski definition) is 3. The van der Waals surface area contributed by atoms with Gasteiger partial charge in [0, 0.05) is 5.69 Å². The van der Waals surface area contributed by atoms with Crippen molar-refractivity contribution in [1.82, 2.24) is 0 Å². The first-order valence-electron chi connectivity index (χ1n) is 8.66. The van der Waals surface area contributed by atoms with Crippen LogP contribution in [0.5, 0.6) is 0 Å². The molecule has 0 spiro atoms. The summed E-state index contributed by atoms with van der Waals surface area (Å²) in [7, 11) is 0. The molecule has 0 aliphatic carbocycles. The molecule has 1 heterocycles. The van der Waals surface area contributed by atoms with Crippen LogP contribution in [0.2, 0.25) is 5.02 Å². The lowest BCUT2D eigenvalue weighted by Gasteiger charge is -2.29. The van der Waals surface area contributed by atoms with E-state index in [1.807, 2.05) is 0 Å². The number of anilines is 1. The minimum absolute atomic E-state index is 0.0905. The van der Waals surface area contributed by atoms with Gasteiger partial charge in [0.25, 0.3) is 5.91 Å². The van der Waals surface area contributed by atoms with E-state index >= 15 is 0 Å². The van der Waals surface area contributed by atoms with E-state index in [0.29, 0.717) is 29.4 Å². The molecule has 4 nitrogen and oxygen atoms in total. The standard InChI is InChI=1S/C19H20ClF2N3O/c20-17-2-1-3-18(22)16(17)12-24-8-10-25(11-9-24)13-19(26)23-15-6-4-14(21)5-7-15/h1-7H,8-13H2,(H,23,26)/p+2. The van der Waals surface area contributed by atoms with Crippen LogP contribution in [-0.4, -0.2) is 38.6 Å². The highest BCUT2D eigenvalue weighted by molar-refractivity contribution is 6.31. The third kappa shape index (κ3) is 5.00. The predicted octanol–water partition coefficient (Wildman–Crippen LogP) is 0.540. The van der Waals surface area contributed by atoms with Gasteiger partial charge in [-0.05, 0) is 36.4 Å². The highest BCUT2D eigenvalue weighted by atomic mass is 35.5. The van der Waals surface area contributed by atoms with Crippen LogP contribution in [0.25, 0.3) is 0 Å². The lowest BCUT2D eigenvalue weighted by molar-refractivity contribution is -1.02. The van der Waals surface area contributed by atoms with Gasteiger partial charge in [-0.25, -0.2) is 8.78 Å². The zero-order chi connectivity index (χ0) is 18.5. The van der Waals surface area contributed by atoms with Crippen molar-refractivity contribution in [2.45, 2.75) is 6.54 Å². The van der Waals surface area contributed by atoms with Gasteiger partial charge in [-0.1, -0.05) is 17.7 Å². The van der Waals surface area contributed by atoms with E-state index in [1.54, 1.807) is 24.3 Å². The van der Waals surface area contributed by atoms with Crippen LogP contribution in [0.3, 0.4) is 0 Å². The summed E-state index contributed by atoms with van der Waals surface area (Å²) >= 11 is 6.10. The van der Waals surface area contributed by atoms with Crippen molar-refractivity contribution in [3.63, 3.8) is 0 Å². The molecule has 138 valence electrons. The molecule has 3 N–H and O–H groups in total. The van der Waals surface area contributed by atoms with Crippen molar-refractivity contribution in [2.75, 3.05) is 38.0 Å². The molecule has 0 atom stereocenters. The lowest BCUT2D eigenvalue weighted by Crippen LogP contribution is -3.28. The maximum Gasteiger partial charge on any atom is 0.279 e. The molecule has 0 bridgehead atoms. The second kappa shape index (κ2) is 8.58. The van der Waals surface area contributed by atoms with E-state index in [4.69, 9.17) is 11.6 Å². The molecule has 1 aliphatic rings. The Hall–Kier alpha value is -2.02. The van der Waals surface area contributed by atoms with Gasteiger partial charge in [-0.15, -0.1) is 0 Å². The van der Waals surface area contributed by atoms with Crippen LogP contribution >= 0.6 is 11.6 Å². The molecule has 26 heavy (non-hydrogen) atoms. The molecular formula is C19H22ClF2N3O+2. The molecule has 0 radical (unpaired) electrons. The van der Waals surface area contributed by atoms with Crippen LogP contribution < -0.4 is 15.1 Å². The number of piperazine rings is 1. The summed E-state index contributed by atoms with van der Waals surface area (Å²) in [6, 6.07) is 10.5. The van der Waals surface area contributed by atoms with Crippen molar-refractivity contribution in [3.8, 4) is 0 Å². The van der Waals surface area contributed by atoms with Gasteiger partial charge in [0.15, 0.2) is 6.54 Å². The largest absolute Gasteiger partial charge is 0.322 e. The van der Waals surface area contributed by atoms with Crippen molar-refractivity contribution in [3.05, 3.63) is 64.7 Å². The quantitative estimate of drug-likeness (QED) is 0.695. The summed E-state index contributed by atoms with van der Waals surface area (Å²) in [5.41, 5.74) is 1.15. The smallest absolute Gasteiger partial charge is 0.279 e. The van der Waals surface area contributed by atoms with E-state index in [1.165, 1.54) is 28.0 Å². The molecule has 7 heteroatoms. The molecule has 3 rings (SSSR count). The fourth-order valence-corrected chi connectivity index (χ4v) is 3.46. The Labute approximate surface area is 156 Å². The van der Waals surface area contributed by atoms with Gasteiger partial charge >= 0.3 is 0 Å². The second-order valence-electron chi connectivity index (χ2n) is 6.61. The number of carbonyl (C=O) groups is 1. The van der Waals surface area contributed by atoms with Gasteiger partial charge in [-0.2, -0.15) is 0 Å². The van der Waals surface area contributed by atoms with Crippen molar-refractivity contribution in [2.24, 2.45) is 0 Å². The SMILES string of the molecule is O=C(C[NH+]1CC[NH+](Cc2c(F)cccc2Cl)CC1)Nc1ccc(F)cc1. The lowest BCUT2D eigenvalue weighted by atomic mass is 10.2. The fourth-order valence-electron chi connectivity index (χ4n) is 3.23. The number of amides is 1. The number of hydrogen-bond acceptors (Lipinski definition) is 1. The molecule has 0 unspecified atom stereocenters. The maximum absolute atomic E-state index is 13.9. The topological polar surface area (TPSA) is 38.0 Å². The number of halogens is 3. The first-order chi connectivity index (χ1) is 12.5. The molecule has 1 fully saturated rings. The summed E-state index contributed by atoms with van der Waals surface area (Å²) in [5.74, 6) is -0.687. The zero-order valence-electron chi connectivity index (χ0n) is 14.3. The van der Waals surface area contributed by atoms with Crippen molar-refractivity contribution in [1.29, 1.82) is 0 Å². The second-order valence-corrected chi connectivity index (χ2v) is 7.02. The Morgan fingerprint density at radius 3 is 2.31 bits per heavy atom. The molecule has 1 saturated heterocycles. The number of carbonyl (C=O) groups excluding carboxylic acids is 1. The molecule has 1 amide bonds. The van der Waals surface area contributed by atoms with Crippen molar-refractivity contribution < 1.29 is 23.4 Å². The summed E-state index contributed by atoms with van der Waals surface area (Å²) in [4.78, 5) is 14.6. The average Bonchev–Trinajstić information content (AvgIpc) is 2.62. The third-order valence-electron chi connectivity index (χ3n) is 4.69. The molecule has 0 aromatic heterocycles. The monoisotopic (exact) mass is 381 g/mol. The normalized spacial score (nSPS) is 20.0. The highest BCUT2D eigenvalue weighted by Crippen LogP contribution is 2.17. The minimum Gasteiger partial charge on any atom is -0.322 e. The Balaban J connectivity index is 1.46. The van der Waals surface area contributed by atoms with Crippen LogP contribution in [0, 0.1) is 11.6 Å². The Morgan fingerprint density at radius 2 is 1.65 bits per heavy atom. The van der Waals surface area contributed by atoms with Crippen LogP contribution in [0.1, 0.15) is 5.56 Å². The maximum atomic E-state index is 13.9. The van der Waals surface area contributed by atoms with Crippen LogP contribution in [-0.2, 0) is 11.3 Å². The Bertz CT molecular complexity index is 742. The van der Waals surface area contributed by atoms with Gasteiger partial charge in [0.2, 0.25) is 0 Å². The third-order valence-corrected chi connectivity index (χ3v) is 5.05. The first kappa shape index (κ1) is 18.8. The summed E-state index contributed by atoms with van der Waals surface area (Å²) in [6.07, 6.45) is 0. The number of nitrogens with one attached hydrogen (secondary N) is 3. The van der Waals surface area contributed by atoms with Gasteiger partial charge in [-0.3, -0.25) is 4.79 Å². The van der Waals surface area contributed by atoms with Crippen LogP contribution in [0.4, 0.5) is 14.5 Å². The Kier molecular flexibility index (Phi) is 6.19. The van der Waals surface area contributed by atoms with Gasteiger partial charge in [0.1, 0.15) is 44.4 Å². The molecule has 2 aromatic rings. The summed E-state index contributed by atoms with van der Waals surface area (Å²) in [5, 5.41) is 3.25. The highest BCUT2D eigenvalue weighted by Gasteiger charge is 2.26. The summed E-state index contributed by atoms with van der Waals surface area (Å²) < 4.78 is 26.8. The average molecular weight is 382 g/mol. The molecular weight excluding hydrogens is 360 g/mol. The van der Waals surface area contributed by atoms with Gasteiger partial charge < -0.3 is 15.1 Å². The van der Waals surface area contributed by atoms with Gasteiger partial charge in [0.05, 0.1) is 10.6 Å². The zero-order valence-corrected chi connectivity index (χ0v) is 15.1. The number of benzene rings is 2. The number of quaternary nitrogens is 2. The van der Waals surface area contributed by atoms with E-state index in [2.05, 4.69) is 5.32 Å². The fraction of sp³-hybridized carbons (Fsp3) is 0.316.